The zero-order valence-corrected chi connectivity index (χ0v) is 8.76. The summed E-state index contributed by atoms with van der Waals surface area (Å²) in [5.41, 5.74) is -1.77. The summed E-state index contributed by atoms with van der Waals surface area (Å²) in [5, 5.41) is 11.2. The molecule has 0 saturated carbocycles. The van der Waals surface area contributed by atoms with Crippen LogP contribution in [0.5, 0.6) is 0 Å². The summed E-state index contributed by atoms with van der Waals surface area (Å²) < 4.78 is 0. The lowest BCUT2D eigenvalue weighted by Crippen LogP contribution is -2.52. The van der Waals surface area contributed by atoms with Gasteiger partial charge in [0.1, 0.15) is 5.54 Å². The molecule has 0 aromatic rings. The molecule has 0 aromatic heterocycles. The van der Waals surface area contributed by atoms with Crippen LogP contribution in [-0.4, -0.2) is 22.5 Å². The average molecular weight is 187 g/mol. The van der Waals surface area contributed by atoms with Crippen LogP contribution in [0, 0.1) is 5.41 Å². The number of carboxylic acids is 1. The summed E-state index contributed by atoms with van der Waals surface area (Å²) in [6.45, 7) is 8.12. The molecule has 0 aromatic carbocycles. The third-order valence-electron chi connectivity index (χ3n) is 1.64. The molecule has 0 aliphatic rings. The summed E-state index contributed by atoms with van der Waals surface area (Å²) in [4.78, 5) is 22.1. The largest absolute Gasteiger partial charge is 0.480 e. The number of aliphatic carboxylic acids is 1. The molecule has 4 heteroatoms. The maximum atomic E-state index is 11.4. The van der Waals surface area contributed by atoms with E-state index in [9.17, 15) is 9.59 Å². The van der Waals surface area contributed by atoms with E-state index < -0.39 is 16.9 Å². The molecule has 0 fully saturated rings. The van der Waals surface area contributed by atoms with E-state index in [1.54, 1.807) is 20.8 Å². The van der Waals surface area contributed by atoms with Gasteiger partial charge in [0.15, 0.2) is 0 Å². The van der Waals surface area contributed by atoms with E-state index in [2.05, 4.69) is 5.32 Å². The van der Waals surface area contributed by atoms with Crippen molar-refractivity contribution in [3.8, 4) is 0 Å². The van der Waals surface area contributed by atoms with Gasteiger partial charge >= 0.3 is 5.97 Å². The Labute approximate surface area is 78.3 Å². The van der Waals surface area contributed by atoms with Crippen LogP contribution in [0.25, 0.3) is 0 Å². The number of amides is 1. The van der Waals surface area contributed by atoms with Crippen molar-refractivity contribution >= 4 is 11.9 Å². The Kier molecular flexibility index (Phi) is 3.08. The molecule has 0 bridgehead atoms. The maximum absolute atomic E-state index is 11.4. The second-order valence-corrected chi connectivity index (χ2v) is 4.63. The van der Waals surface area contributed by atoms with Crippen LogP contribution in [0.15, 0.2) is 0 Å². The highest BCUT2D eigenvalue weighted by atomic mass is 16.4. The highest BCUT2D eigenvalue weighted by molar-refractivity contribution is 5.88. The van der Waals surface area contributed by atoms with Gasteiger partial charge in [0.2, 0.25) is 5.91 Å². The summed E-state index contributed by atoms with van der Waals surface area (Å²) >= 11 is 0. The van der Waals surface area contributed by atoms with Crippen molar-refractivity contribution in [3.05, 3.63) is 0 Å². The van der Waals surface area contributed by atoms with Crippen LogP contribution in [0.4, 0.5) is 0 Å². The topological polar surface area (TPSA) is 66.4 Å². The Morgan fingerprint density at radius 1 is 1.08 bits per heavy atom. The molecule has 2 N–H and O–H groups in total. The smallest absolute Gasteiger partial charge is 0.328 e. The molecule has 0 atom stereocenters. The first-order valence-electron chi connectivity index (χ1n) is 4.13. The van der Waals surface area contributed by atoms with Crippen molar-refractivity contribution in [1.82, 2.24) is 5.32 Å². The highest BCUT2D eigenvalue weighted by Crippen LogP contribution is 2.15. The molecule has 1 amide bonds. The molecule has 0 rings (SSSR count). The Bertz CT molecular complexity index is 226. The lowest BCUT2D eigenvalue weighted by atomic mass is 9.93. The third-order valence-corrected chi connectivity index (χ3v) is 1.64. The van der Waals surface area contributed by atoms with Crippen molar-refractivity contribution in [1.29, 1.82) is 0 Å². The first-order chi connectivity index (χ1) is 5.57. The fourth-order valence-electron chi connectivity index (χ4n) is 0.525. The molecular weight excluding hydrogens is 170 g/mol. The van der Waals surface area contributed by atoms with Crippen LogP contribution in [0.3, 0.4) is 0 Å². The standard InChI is InChI=1S/C9H17NO3/c1-8(2,3)6(11)10-9(4,5)7(12)13/h1-5H3,(H,10,11)(H,12,13). The van der Waals surface area contributed by atoms with Gasteiger partial charge in [-0.1, -0.05) is 20.8 Å². The minimum atomic E-state index is -1.20. The summed E-state index contributed by atoms with van der Waals surface area (Å²) in [7, 11) is 0. The minimum absolute atomic E-state index is 0.264. The molecule has 4 nitrogen and oxygen atoms in total. The Hall–Kier alpha value is -1.06. The number of nitrogens with one attached hydrogen (secondary N) is 1. The summed E-state index contributed by atoms with van der Waals surface area (Å²) in [6, 6.07) is 0. The van der Waals surface area contributed by atoms with E-state index in [0.717, 1.165) is 0 Å². The Morgan fingerprint density at radius 3 is 1.69 bits per heavy atom. The van der Waals surface area contributed by atoms with Crippen molar-refractivity contribution in [3.63, 3.8) is 0 Å². The van der Waals surface area contributed by atoms with Gasteiger partial charge in [-0.3, -0.25) is 4.79 Å². The predicted molar refractivity (Wildman–Crippen MR) is 49.3 cm³/mol. The van der Waals surface area contributed by atoms with Crippen LogP contribution < -0.4 is 5.32 Å². The van der Waals surface area contributed by atoms with Gasteiger partial charge in [-0.2, -0.15) is 0 Å². The summed E-state index contributed by atoms with van der Waals surface area (Å²) in [6.07, 6.45) is 0. The molecule has 0 radical (unpaired) electrons. The SMILES string of the molecule is CC(C)(C)C(=O)NC(C)(C)C(=O)O. The average Bonchev–Trinajstić information content (AvgIpc) is 1.83. The first-order valence-corrected chi connectivity index (χ1v) is 4.13. The van der Waals surface area contributed by atoms with Crippen LogP contribution in [0.1, 0.15) is 34.6 Å². The second-order valence-electron chi connectivity index (χ2n) is 4.63. The zero-order chi connectivity index (χ0) is 10.9. The first kappa shape index (κ1) is 11.9. The zero-order valence-electron chi connectivity index (χ0n) is 8.76. The molecule has 0 unspecified atom stereocenters. The van der Waals surface area contributed by atoms with Gasteiger partial charge in [0, 0.05) is 5.41 Å². The normalized spacial score (nSPS) is 12.4. The van der Waals surface area contributed by atoms with Gasteiger partial charge in [0.05, 0.1) is 0 Å². The van der Waals surface area contributed by atoms with Gasteiger partial charge in [-0.15, -0.1) is 0 Å². The van der Waals surface area contributed by atoms with Gasteiger partial charge in [-0.05, 0) is 13.8 Å². The van der Waals surface area contributed by atoms with E-state index in [0.29, 0.717) is 0 Å². The monoisotopic (exact) mass is 187 g/mol. The number of carbonyl (C=O) groups is 2. The molecule has 0 aliphatic heterocycles. The van der Waals surface area contributed by atoms with Crippen molar-refractivity contribution in [2.24, 2.45) is 5.41 Å². The van der Waals surface area contributed by atoms with Gasteiger partial charge < -0.3 is 10.4 Å². The minimum Gasteiger partial charge on any atom is -0.480 e. The number of hydrogen-bond donors (Lipinski definition) is 2. The molecule has 0 heterocycles. The fraction of sp³-hybridized carbons (Fsp3) is 0.778. The summed E-state index contributed by atoms with van der Waals surface area (Å²) in [5.74, 6) is -1.30. The maximum Gasteiger partial charge on any atom is 0.328 e. The molecule has 0 saturated heterocycles. The highest BCUT2D eigenvalue weighted by Gasteiger charge is 2.33. The predicted octanol–water partition coefficient (Wildman–Crippen LogP) is 1.01. The van der Waals surface area contributed by atoms with E-state index in [4.69, 9.17) is 5.11 Å². The molecule has 0 spiro atoms. The van der Waals surface area contributed by atoms with Crippen LogP contribution >= 0.6 is 0 Å². The van der Waals surface area contributed by atoms with Crippen LogP contribution in [0.2, 0.25) is 0 Å². The lowest BCUT2D eigenvalue weighted by molar-refractivity contribution is -0.147. The number of carbonyl (C=O) groups excluding carboxylic acids is 1. The van der Waals surface area contributed by atoms with Crippen molar-refractivity contribution < 1.29 is 14.7 Å². The van der Waals surface area contributed by atoms with Gasteiger partial charge in [0.25, 0.3) is 0 Å². The fourth-order valence-corrected chi connectivity index (χ4v) is 0.525. The van der Waals surface area contributed by atoms with E-state index >= 15 is 0 Å². The quantitative estimate of drug-likeness (QED) is 0.678. The van der Waals surface area contributed by atoms with Crippen molar-refractivity contribution in [2.45, 2.75) is 40.2 Å². The molecule has 13 heavy (non-hydrogen) atoms. The van der Waals surface area contributed by atoms with E-state index in [-0.39, 0.29) is 5.91 Å². The van der Waals surface area contributed by atoms with Crippen LogP contribution in [-0.2, 0) is 9.59 Å². The lowest BCUT2D eigenvalue weighted by Gasteiger charge is -2.26. The number of hydrogen-bond acceptors (Lipinski definition) is 2. The number of rotatable bonds is 2. The Morgan fingerprint density at radius 2 is 1.46 bits per heavy atom. The van der Waals surface area contributed by atoms with Crippen molar-refractivity contribution in [2.75, 3.05) is 0 Å². The van der Waals surface area contributed by atoms with E-state index in [1.165, 1.54) is 13.8 Å². The Balaban J connectivity index is 4.47. The molecule has 76 valence electrons. The molecular formula is C9H17NO3. The number of carboxylic acid groups (broad SMARTS) is 1. The second kappa shape index (κ2) is 3.36. The van der Waals surface area contributed by atoms with E-state index in [1.807, 2.05) is 0 Å². The third kappa shape index (κ3) is 3.44. The van der Waals surface area contributed by atoms with Gasteiger partial charge in [-0.25, -0.2) is 4.79 Å². The molecule has 0 aliphatic carbocycles.